The van der Waals surface area contributed by atoms with Crippen molar-refractivity contribution in [2.45, 2.75) is 13.8 Å². The monoisotopic (exact) mass is 308 g/mol. The average Bonchev–Trinajstić information content (AvgIpc) is 2.82. The number of nitrogens with zero attached hydrogens (tertiary/aromatic N) is 1. The molecule has 1 aromatic rings. The normalized spacial score (nSPS) is 20.8. The number of likely N-dealkylation sites (tertiary alicyclic amines) is 1. The Balaban J connectivity index is 2.20. The third kappa shape index (κ3) is 3.24. The molecule has 1 aromatic carbocycles. The maximum atomic E-state index is 13.6. The first-order valence-electron chi connectivity index (χ1n) is 6.88. The molecule has 0 bridgehead atoms. The molecule has 0 aromatic heterocycles. The Morgan fingerprint density at radius 2 is 2.00 bits per heavy atom. The second kappa shape index (κ2) is 6.13. The third-order valence-electron chi connectivity index (χ3n) is 3.74. The van der Waals surface area contributed by atoms with Gasteiger partial charge in [-0.15, -0.1) is 0 Å². The van der Waals surface area contributed by atoms with E-state index in [0.29, 0.717) is 6.54 Å². The molecule has 1 fully saturated rings. The van der Waals surface area contributed by atoms with Gasteiger partial charge in [0.25, 0.3) is 5.91 Å². The highest BCUT2D eigenvalue weighted by Crippen LogP contribution is 2.26. The maximum absolute atomic E-state index is 13.6. The minimum Gasteiger partial charge on any atom is -0.481 e. The summed E-state index contributed by atoms with van der Waals surface area (Å²) in [5.74, 6) is -3.12. The van der Waals surface area contributed by atoms with Crippen LogP contribution in [0.2, 0.25) is 0 Å². The average molecular weight is 308 g/mol. The van der Waals surface area contributed by atoms with Crippen molar-refractivity contribution in [3.63, 3.8) is 0 Å². The highest BCUT2D eigenvalue weighted by atomic mass is 19.1. The molecule has 2 N–H and O–H groups in total. The predicted molar refractivity (Wildman–Crippen MR) is 76.9 cm³/mol. The van der Waals surface area contributed by atoms with Crippen LogP contribution >= 0.6 is 0 Å². The fourth-order valence-electron chi connectivity index (χ4n) is 2.58. The summed E-state index contributed by atoms with van der Waals surface area (Å²) in [5, 5.41) is 11.4. The van der Waals surface area contributed by atoms with Gasteiger partial charge in [-0.2, -0.15) is 0 Å². The molecule has 1 saturated heterocycles. The Morgan fingerprint density at radius 3 is 2.55 bits per heavy atom. The van der Waals surface area contributed by atoms with Crippen LogP contribution in [0.15, 0.2) is 18.2 Å². The van der Waals surface area contributed by atoms with Crippen molar-refractivity contribution in [2.24, 2.45) is 11.8 Å². The number of hydrogen-bond donors (Lipinski definition) is 2. The molecule has 2 amide bonds. The van der Waals surface area contributed by atoms with Crippen molar-refractivity contribution in [3.05, 3.63) is 29.6 Å². The zero-order valence-electron chi connectivity index (χ0n) is 12.3. The SMILES string of the molecule is CC(=O)Nc1cc(C(=O)N2C[C@@H](C)[C@H](C(=O)O)C2)ccc1F. The quantitative estimate of drug-likeness (QED) is 0.887. The molecule has 7 heteroatoms. The van der Waals surface area contributed by atoms with Gasteiger partial charge < -0.3 is 15.3 Å². The highest BCUT2D eigenvalue weighted by Gasteiger charge is 2.37. The van der Waals surface area contributed by atoms with Gasteiger partial charge in [0.15, 0.2) is 0 Å². The first-order valence-corrected chi connectivity index (χ1v) is 6.88. The smallest absolute Gasteiger partial charge is 0.308 e. The lowest BCUT2D eigenvalue weighted by Crippen LogP contribution is -2.30. The fraction of sp³-hybridized carbons (Fsp3) is 0.400. The fourth-order valence-corrected chi connectivity index (χ4v) is 2.58. The number of halogens is 1. The zero-order valence-corrected chi connectivity index (χ0v) is 12.3. The zero-order chi connectivity index (χ0) is 16.4. The summed E-state index contributed by atoms with van der Waals surface area (Å²) in [6, 6.07) is 3.69. The van der Waals surface area contributed by atoms with Gasteiger partial charge in [-0.3, -0.25) is 14.4 Å². The second-order valence-corrected chi connectivity index (χ2v) is 5.51. The van der Waals surface area contributed by atoms with Gasteiger partial charge in [0, 0.05) is 25.6 Å². The number of anilines is 1. The lowest BCUT2D eigenvalue weighted by atomic mass is 9.99. The van der Waals surface area contributed by atoms with Crippen LogP contribution in [0.1, 0.15) is 24.2 Å². The van der Waals surface area contributed by atoms with Crippen LogP contribution in [-0.4, -0.2) is 40.9 Å². The summed E-state index contributed by atoms with van der Waals surface area (Å²) >= 11 is 0. The Bertz CT molecular complexity index is 632. The summed E-state index contributed by atoms with van der Waals surface area (Å²) < 4.78 is 13.6. The predicted octanol–water partition coefficient (Wildman–Crippen LogP) is 1.58. The minimum absolute atomic E-state index is 0.0691. The largest absolute Gasteiger partial charge is 0.481 e. The molecule has 6 nitrogen and oxygen atoms in total. The molecule has 1 heterocycles. The summed E-state index contributed by atoms with van der Waals surface area (Å²) in [7, 11) is 0. The van der Waals surface area contributed by atoms with Crippen LogP contribution in [0.5, 0.6) is 0 Å². The maximum Gasteiger partial charge on any atom is 0.308 e. The number of carboxylic acid groups (broad SMARTS) is 1. The first kappa shape index (κ1) is 15.9. The van der Waals surface area contributed by atoms with Crippen LogP contribution in [0.25, 0.3) is 0 Å². The summed E-state index contributed by atoms with van der Waals surface area (Å²) in [6.07, 6.45) is 0. The Morgan fingerprint density at radius 1 is 1.32 bits per heavy atom. The molecule has 2 rings (SSSR count). The van der Waals surface area contributed by atoms with Gasteiger partial charge in [-0.25, -0.2) is 4.39 Å². The number of amides is 2. The van der Waals surface area contributed by atoms with E-state index in [9.17, 15) is 18.8 Å². The Hall–Kier alpha value is -2.44. The first-order chi connectivity index (χ1) is 10.3. The van der Waals surface area contributed by atoms with Gasteiger partial charge in [-0.1, -0.05) is 6.92 Å². The van der Waals surface area contributed by atoms with Crippen molar-refractivity contribution in [2.75, 3.05) is 18.4 Å². The molecule has 0 unspecified atom stereocenters. The minimum atomic E-state index is -0.930. The molecule has 0 spiro atoms. The van der Waals surface area contributed by atoms with Crippen molar-refractivity contribution in [1.29, 1.82) is 0 Å². The van der Waals surface area contributed by atoms with E-state index < -0.39 is 23.6 Å². The number of aliphatic carboxylic acids is 1. The highest BCUT2D eigenvalue weighted by molar-refractivity contribution is 5.97. The topological polar surface area (TPSA) is 86.7 Å². The Kier molecular flexibility index (Phi) is 4.44. The second-order valence-electron chi connectivity index (χ2n) is 5.51. The van der Waals surface area contributed by atoms with Crippen molar-refractivity contribution in [3.8, 4) is 0 Å². The molecule has 0 saturated carbocycles. The molecule has 1 aliphatic heterocycles. The van der Waals surface area contributed by atoms with E-state index in [-0.39, 0.29) is 29.6 Å². The van der Waals surface area contributed by atoms with E-state index >= 15 is 0 Å². The number of carbonyl (C=O) groups is 3. The van der Waals surface area contributed by atoms with Gasteiger partial charge in [0.1, 0.15) is 5.82 Å². The summed E-state index contributed by atoms with van der Waals surface area (Å²) in [6.45, 7) is 3.48. The summed E-state index contributed by atoms with van der Waals surface area (Å²) in [4.78, 5) is 36.0. The molecule has 1 aliphatic rings. The number of nitrogens with one attached hydrogen (secondary N) is 1. The van der Waals surface area contributed by atoms with Crippen LogP contribution in [-0.2, 0) is 9.59 Å². The lowest BCUT2D eigenvalue weighted by Gasteiger charge is -2.16. The standard InChI is InChI=1S/C15H17FN2O4/c1-8-6-18(7-11(8)15(21)22)14(20)10-3-4-12(16)13(5-10)17-9(2)19/h3-5,8,11H,6-7H2,1-2H3,(H,17,19)(H,21,22)/t8-,11-/m1/s1. The number of carboxylic acids is 1. The van der Waals surface area contributed by atoms with E-state index in [1.54, 1.807) is 6.92 Å². The molecule has 22 heavy (non-hydrogen) atoms. The van der Waals surface area contributed by atoms with E-state index in [4.69, 9.17) is 5.11 Å². The third-order valence-corrected chi connectivity index (χ3v) is 3.74. The van der Waals surface area contributed by atoms with Crippen LogP contribution in [0.3, 0.4) is 0 Å². The van der Waals surface area contributed by atoms with Gasteiger partial charge in [0.2, 0.25) is 5.91 Å². The van der Waals surface area contributed by atoms with Gasteiger partial charge in [-0.05, 0) is 24.1 Å². The molecular formula is C15H17FN2O4. The van der Waals surface area contributed by atoms with E-state index in [1.165, 1.54) is 24.0 Å². The van der Waals surface area contributed by atoms with Gasteiger partial charge >= 0.3 is 5.97 Å². The number of carbonyl (C=O) groups excluding carboxylic acids is 2. The van der Waals surface area contributed by atoms with Crippen molar-refractivity contribution in [1.82, 2.24) is 4.90 Å². The number of benzene rings is 1. The summed E-state index contributed by atoms with van der Waals surface area (Å²) in [5.41, 5.74) is 0.142. The van der Waals surface area contributed by atoms with E-state index in [2.05, 4.69) is 5.32 Å². The molecule has 0 radical (unpaired) electrons. The van der Waals surface area contributed by atoms with Crippen LogP contribution in [0.4, 0.5) is 10.1 Å². The molecule has 118 valence electrons. The molecular weight excluding hydrogens is 291 g/mol. The van der Waals surface area contributed by atoms with Crippen LogP contribution in [0, 0.1) is 17.7 Å². The molecule has 2 atom stereocenters. The van der Waals surface area contributed by atoms with Crippen molar-refractivity contribution >= 4 is 23.5 Å². The van der Waals surface area contributed by atoms with Gasteiger partial charge in [0.05, 0.1) is 11.6 Å². The van der Waals surface area contributed by atoms with Crippen LogP contribution < -0.4 is 5.32 Å². The molecule has 0 aliphatic carbocycles. The number of rotatable bonds is 3. The number of hydrogen-bond acceptors (Lipinski definition) is 3. The lowest BCUT2D eigenvalue weighted by molar-refractivity contribution is -0.142. The van der Waals surface area contributed by atoms with E-state index in [1.807, 2.05) is 0 Å². The van der Waals surface area contributed by atoms with Crippen molar-refractivity contribution < 1.29 is 23.9 Å². The van der Waals surface area contributed by atoms with E-state index in [0.717, 1.165) is 6.07 Å². The Labute approximate surface area is 126 Å².